The number of likely N-dealkylation sites (tertiary alicyclic amines) is 1. The maximum atomic E-state index is 6.30. The van der Waals surface area contributed by atoms with Crippen LogP contribution in [0.4, 0.5) is 0 Å². The van der Waals surface area contributed by atoms with Crippen molar-refractivity contribution < 1.29 is 0 Å². The molecule has 1 aliphatic heterocycles. The van der Waals surface area contributed by atoms with E-state index in [-0.39, 0.29) is 5.54 Å². The van der Waals surface area contributed by atoms with Crippen molar-refractivity contribution in [1.29, 1.82) is 0 Å². The van der Waals surface area contributed by atoms with Gasteiger partial charge in [-0.3, -0.25) is 4.90 Å². The molecule has 2 nitrogen and oxygen atoms in total. The Labute approximate surface area is 91.1 Å². The average Bonchev–Trinajstić information content (AvgIpc) is 2.59. The van der Waals surface area contributed by atoms with Gasteiger partial charge in [-0.1, -0.05) is 37.3 Å². The monoisotopic (exact) mass is 202 g/mol. The summed E-state index contributed by atoms with van der Waals surface area (Å²) in [6.45, 7) is 5.60. The molecule has 1 heterocycles. The number of rotatable bonds is 2. The van der Waals surface area contributed by atoms with Crippen LogP contribution >= 0.6 is 0 Å². The van der Waals surface area contributed by atoms with E-state index in [4.69, 9.17) is 5.73 Å². The predicted octanol–water partition coefficient (Wildman–Crippen LogP) is 1.47. The van der Waals surface area contributed by atoms with E-state index in [0.29, 0.717) is 0 Å². The normalized spacial score (nSPS) is 39.1. The topological polar surface area (TPSA) is 29.3 Å². The largest absolute Gasteiger partial charge is 0.323 e. The minimum atomic E-state index is 0.148. The van der Waals surface area contributed by atoms with Crippen LogP contribution in [0.25, 0.3) is 0 Å². The lowest BCUT2D eigenvalue weighted by molar-refractivity contribution is 0.273. The van der Waals surface area contributed by atoms with Crippen LogP contribution in [0.2, 0.25) is 0 Å². The predicted molar refractivity (Wildman–Crippen MR) is 61.3 cm³/mol. The lowest BCUT2D eigenvalue weighted by Crippen LogP contribution is -2.35. The van der Waals surface area contributed by atoms with Gasteiger partial charge in [0.05, 0.1) is 0 Å². The summed E-state index contributed by atoms with van der Waals surface area (Å²) in [5, 5.41) is 0. The second kappa shape index (κ2) is 3.06. The fourth-order valence-electron chi connectivity index (χ4n) is 3.04. The summed E-state index contributed by atoms with van der Waals surface area (Å²) in [6.07, 6.45) is 0. The molecule has 0 spiro atoms. The van der Waals surface area contributed by atoms with Crippen LogP contribution < -0.4 is 5.73 Å². The number of nitrogens with two attached hydrogens (primary N) is 1. The molecule has 0 amide bonds. The maximum absolute atomic E-state index is 6.30. The van der Waals surface area contributed by atoms with Crippen LogP contribution in [0, 0.1) is 11.8 Å². The highest BCUT2D eigenvalue weighted by Crippen LogP contribution is 2.53. The van der Waals surface area contributed by atoms with Gasteiger partial charge < -0.3 is 5.73 Å². The fourth-order valence-corrected chi connectivity index (χ4v) is 3.04. The zero-order valence-electron chi connectivity index (χ0n) is 9.19. The summed E-state index contributed by atoms with van der Waals surface area (Å²) in [5.41, 5.74) is 7.84. The third-order valence-electron chi connectivity index (χ3n) is 4.23. The summed E-state index contributed by atoms with van der Waals surface area (Å²) >= 11 is 0. The van der Waals surface area contributed by atoms with Crippen molar-refractivity contribution in [2.45, 2.75) is 19.0 Å². The van der Waals surface area contributed by atoms with Crippen molar-refractivity contribution in [2.24, 2.45) is 17.6 Å². The SMILES string of the molecule is CC1[C@H]2CN(Cc3ccccc3)C[C@]12N. The summed E-state index contributed by atoms with van der Waals surface area (Å²) in [4.78, 5) is 2.49. The van der Waals surface area contributed by atoms with Crippen molar-refractivity contribution in [1.82, 2.24) is 4.90 Å². The zero-order chi connectivity index (χ0) is 10.5. The van der Waals surface area contributed by atoms with E-state index in [9.17, 15) is 0 Å². The first kappa shape index (κ1) is 9.37. The van der Waals surface area contributed by atoms with Gasteiger partial charge in [0.1, 0.15) is 0 Å². The first-order valence-electron chi connectivity index (χ1n) is 5.75. The van der Waals surface area contributed by atoms with Crippen LogP contribution in [-0.2, 0) is 6.54 Å². The van der Waals surface area contributed by atoms with Crippen LogP contribution in [0.15, 0.2) is 30.3 Å². The van der Waals surface area contributed by atoms with Gasteiger partial charge in [-0.15, -0.1) is 0 Å². The van der Waals surface area contributed by atoms with Gasteiger partial charge in [0.2, 0.25) is 0 Å². The molecule has 2 fully saturated rings. The molecule has 1 aromatic carbocycles. The molecule has 80 valence electrons. The van der Waals surface area contributed by atoms with Crippen LogP contribution in [-0.4, -0.2) is 23.5 Å². The summed E-state index contributed by atoms with van der Waals surface area (Å²) in [7, 11) is 0. The van der Waals surface area contributed by atoms with Crippen molar-refractivity contribution in [3.05, 3.63) is 35.9 Å². The van der Waals surface area contributed by atoms with Gasteiger partial charge in [-0.25, -0.2) is 0 Å². The molecule has 0 radical (unpaired) electrons. The fraction of sp³-hybridized carbons (Fsp3) is 0.538. The van der Waals surface area contributed by atoms with Crippen molar-refractivity contribution >= 4 is 0 Å². The maximum Gasteiger partial charge on any atom is 0.0357 e. The molecule has 0 bridgehead atoms. The van der Waals surface area contributed by atoms with Gasteiger partial charge in [-0.05, 0) is 17.4 Å². The summed E-state index contributed by atoms with van der Waals surface area (Å²) in [5.74, 6) is 1.49. The number of piperidine rings is 1. The minimum absolute atomic E-state index is 0.148. The minimum Gasteiger partial charge on any atom is -0.323 e. The van der Waals surface area contributed by atoms with Crippen molar-refractivity contribution in [2.75, 3.05) is 13.1 Å². The lowest BCUT2D eigenvalue weighted by Gasteiger charge is -2.20. The second-order valence-electron chi connectivity index (χ2n) is 5.16. The second-order valence-corrected chi connectivity index (χ2v) is 5.16. The third-order valence-corrected chi connectivity index (χ3v) is 4.23. The number of benzene rings is 1. The molecule has 2 aliphatic rings. The first-order chi connectivity index (χ1) is 7.20. The van der Waals surface area contributed by atoms with E-state index in [0.717, 1.165) is 24.9 Å². The highest BCUT2D eigenvalue weighted by molar-refractivity contribution is 5.22. The molecule has 2 heteroatoms. The molecule has 3 atom stereocenters. The number of fused-ring (bicyclic) bond motifs is 1. The number of hydrogen-bond acceptors (Lipinski definition) is 2. The Kier molecular flexibility index (Phi) is 1.91. The average molecular weight is 202 g/mol. The van der Waals surface area contributed by atoms with Gasteiger partial charge in [0.15, 0.2) is 0 Å². The van der Waals surface area contributed by atoms with Gasteiger partial charge in [-0.2, -0.15) is 0 Å². The van der Waals surface area contributed by atoms with E-state index >= 15 is 0 Å². The van der Waals surface area contributed by atoms with Gasteiger partial charge >= 0.3 is 0 Å². The zero-order valence-corrected chi connectivity index (χ0v) is 9.19. The first-order valence-corrected chi connectivity index (χ1v) is 5.75. The lowest BCUT2D eigenvalue weighted by atomic mass is 10.2. The van der Waals surface area contributed by atoms with Crippen LogP contribution in [0.3, 0.4) is 0 Å². The molecule has 1 unspecified atom stereocenters. The molecule has 2 N–H and O–H groups in total. The van der Waals surface area contributed by atoms with Gasteiger partial charge in [0.25, 0.3) is 0 Å². The Hall–Kier alpha value is -0.860. The van der Waals surface area contributed by atoms with Gasteiger partial charge in [0, 0.05) is 25.2 Å². The highest BCUT2D eigenvalue weighted by atomic mass is 15.2. The van der Waals surface area contributed by atoms with Crippen molar-refractivity contribution in [3.63, 3.8) is 0 Å². The third kappa shape index (κ3) is 1.40. The van der Waals surface area contributed by atoms with E-state index in [1.54, 1.807) is 0 Å². The highest BCUT2D eigenvalue weighted by Gasteiger charge is 2.63. The standard InChI is InChI=1S/C13H18N2/c1-10-12-8-15(9-13(10,12)14)7-11-5-3-2-4-6-11/h2-6,10,12H,7-9,14H2,1H3/t10?,12-,13+/m1/s1. The molecule has 15 heavy (non-hydrogen) atoms. The smallest absolute Gasteiger partial charge is 0.0357 e. The number of hydrogen-bond donors (Lipinski definition) is 1. The summed E-state index contributed by atoms with van der Waals surface area (Å²) < 4.78 is 0. The molecule has 3 rings (SSSR count). The molecule has 0 aromatic heterocycles. The Morgan fingerprint density at radius 3 is 2.73 bits per heavy atom. The van der Waals surface area contributed by atoms with E-state index < -0.39 is 0 Å². The molecular weight excluding hydrogens is 184 g/mol. The van der Waals surface area contributed by atoms with Crippen LogP contribution in [0.1, 0.15) is 12.5 Å². The molecule has 1 aliphatic carbocycles. The molecular formula is C13H18N2. The number of nitrogens with zero attached hydrogens (tertiary/aromatic N) is 1. The van der Waals surface area contributed by atoms with E-state index in [1.165, 1.54) is 12.1 Å². The molecule has 1 saturated heterocycles. The molecule has 1 saturated carbocycles. The van der Waals surface area contributed by atoms with Crippen LogP contribution in [0.5, 0.6) is 0 Å². The summed E-state index contributed by atoms with van der Waals surface area (Å²) in [6, 6.07) is 10.7. The molecule has 1 aromatic rings. The Balaban J connectivity index is 1.64. The quantitative estimate of drug-likeness (QED) is 0.787. The van der Waals surface area contributed by atoms with E-state index in [2.05, 4.69) is 42.2 Å². The van der Waals surface area contributed by atoms with Crippen molar-refractivity contribution in [3.8, 4) is 0 Å². The van der Waals surface area contributed by atoms with E-state index in [1.807, 2.05) is 0 Å². The Bertz CT molecular complexity index is 362. The Morgan fingerprint density at radius 2 is 2.13 bits per heavy atom. The Morgan fingerprint density at radius 1 is 1.40 bits per heavy atom.